The first kappa shape index (κ1) is 37.2. The normalized spacial score (nSPS) is 18.1. The minimum absolute atomic E-state index is 0. The van der Waals surface area contributed by atoms with Gasteiger partial charge < -0.3 is 9.64 Å². The van der Waals surface area contributed by atoms with Crippen LogP contribution in [0.3, 0.4) is 0 Å². The molecular weight excluding hydrogens is 670 g/mol. The van der Waals surface area contributed by atoms with E-state index in [2.05, 4.69) is 47.6 Å². The molecule has 1 amide bonds. The highest BCUT2D eigenvalue weighted by atomic mass is 35.5. The number of nitrogens with one attached hydrogen (secondary N) is 1. The maximum Gasteiger partial charge on any atom is 0.264 e. The lowest BCUT2D eigenvalue weighted by molar-refractivity contribution is 0.0540. The Hall–Kier alpha value is -4.02. The predicted molar refractivity (Wildman–Crippen MR) is 200 cm³/mol. The maximum atomic E-state index is 14.4. The number of carbonyl (C=O) groups excluding carboxylic acids is 1. The van der Waals surface area contributed by atoms with Crippen molar-refractivity contribution >= 4 is 34.3 Å². The number of rotatable bonds is 6. The second kappa shape index (κ2) is 15.5. The van der Waals surface area contributed by atoms with E-state index in [9.17, 15) is 13.2 Å². The van der Waals surface area contributed by atoms with Crippen LogP contribution < -0.4 is 9.46 Å². The molecule has 3 heterocycles. The SMILES string of the molecule is Cc1cccc(C)c1-c1cc2nc(n1)NS(=O)(=O)c1cccc(c1)C(=O)N(CCc1ccc(C3CCCCC3)cn1)[C@H](CC(C)(C)C)CO2.Cl. The van der Waals surface area contributed by atoms with Gasteiger partial charge in [-0.1, -0.05) is 70.4 Å². The fourth-order valence-electron chi connectivity index (χ4n) is 7.13. The minimum Gasteiger partial charge on any atom is -0.475 e. The summed E-state index contributed by atoms with van der Waals surface area (Å²) in [6, 6.07) is 17.8. The molecule has 1 atom stereocenters. The zero-order valence-corrected chi connectivity index (χ0v) is 31.2. The number of fused-ring (bicyclic) bond motifs is 4. The number of amides is 1. The molecule has 9 nitrogen and oxygen atoms in total. The van der Waals surface area contributed by atoms with Gasteiger partial charge in [0.2, 0.25) is 11.8 Å². The Labute approximate surface area is 302 Å². The van der Waals surface area contributed by atoms with Gasteiger partial charge in [0.1, 0.15) is 6.61 Å². The van der Waals surface area contributed by atoms with Gasteiger partial charge in [-0.3, -0.25) is 9.78 Å². The fraction of sp³-hybridized carbons (Fsp3) is 0.436. The molecule has 1 aliphatic heterocycles. The molecule has 4 bridgehead atoms. The zero-order valence-electron chi connectivity index (χ0n) is 29.6. The van der Waals surface area contributed by atoms with Gasteiger partial charge in [-0.15, -0.1) is 12.4 Å². The smallest absolute Gasteiger partial charge is 0.264 e. The monoisotopic (exact) mass is 717 g/mol. The Kier molecular flexibility index (Phi) is 11.5. The van der Waals surface area contributed by atoms with E-state index in [0.717, 1.165) is 22.4 Å². The van der Waals surface area contributed by atoms with Crippen molar-refractivity contribution < 1.29 is 17.9 Å². The number of sulfonamides is 1. The van der Waals surface area contributed by atoms with Crippen LogP contribution in [0.15, 0.2) is 71.8 Å². The summed E-state index contributed by atoms with van der Waals surface area (Å²) in [5, 5.41) is 0. The van der Waals surface area contributed by atoms with Gasteiger partial charge in [-0.05, 0) is 85.4 Å². The van der Waals surface area contributed by atoms with E-state index in [1.807, 2.05) is 43.1 Å². The number of carbonyl (C=O) groups is 1. The molecule has 1 saturated carbocycles. The van der Waals surface area contributed by atoms with Crippen molar-refractivity contribution in [1.29, 1.82) is 0 Å². The molecule has 4 aromatic rings. The summed E-state index contributed by atoms with van der Waals surface area (Å²) in [4.78, 5) is 30.1. The number of aryl methyl sites for hydroxylation is 2. The van der Waals surface area contributed by atoms with Crippen molar-refractivity contribution in [3.05, 3.63) is 94.8 Å². The summed E-state index contributed by atoms with van der Waals surface area (Å²) < 4.78 is 36.3. The lowest BCUT2D eigenvalue weighted by atomic mass is 9.85. The van der Waals surface area contributed by atoms with Crippen LogP contribution in [0, 0.1) is 19.3 Å². The Morgan fingerprint density at radius 1 is 0.940 bits per heavy atom. The van der Waals surface area contributed by atoms with Crippen LogP contribution in [0.5, 0.6) is 5.88 Å². The Bertz CT molecular complexity index is 1900. The molecule has 2 aliphatic rings. The average Bonchev–Trinajstić information content (AvgIpc) is 3.06. The van der Waals surface area contributed by atoms with Crippen LogP contribution in [0.1, 0.15) is 98.0 Å². The predicted octanol–water partition coefficient (Wildman–Crippen LogP) is 8.31. The first-order valence-corrected chi connectivity index (χ1v) is 18.8. The van der Waals surface area contributed by atoms with E-state index in [1.165, 1.54) is 49.8 Å². The molecule has 6 rings (SSSR count). The van der Waals surface area contributed by atoms with Gasteiger partial charge in [0.15, 0.2) is 0 Å². The minimum atomic E-state index is -4.14. The lowest BCUT2D eigenvalue weighted by Crippen LogP contribution is -2.46. The number of anilines is 1. The van der Waals surface area contributed by atoms with Crippen LogP contribution in [0.4, 0.5) is 5.95 Å². The van der Waals surface area contributed by atoms with Gasteiger partial charge in [-0.2, -0.15) is 4.98 Å². The number of nitrogens with zero attached hydrogens (tertiary/aromatic N) is 4. The molecule has 2 aromatic heterocycles. The number of aromatic nitrogens is 3. The van der Waals surface area contributed by atoms with Crippen LogP contribution in [-0.2, 0) is 16.4 Å². The van der Waals surface area contributed by atoms with Crippen molar-refractivity contribution in [3.8, 4) is 17.1 Å². The highest BCUT2D eigenvalue weighted by Crippen LogP contribution is 2.33. The van der Waals surface area contributed by atoms with Crippen molar-refractivity contribution in [2.24, 2.45) is 5.41 Å². The van der Waals surface area contributed by atoms with E-state index in [-0.39, 0.29) is 58.7 Å². The highest BCUT2D eigenvalue weighted by Gasteiger charge is 2.31. The molecular formula is C39H48ClN5O4S. The number of pyridine rings is 1. The van der Waals surface area contributed by atoms with Crippen molar-refractivity contribution in [2.75, 3.05) is 17.9 Å². The third-order valence-corrected chi connectivity index (χ3v) is 10.9. The third-order valence-electron chi connectivity index (χ3n) is 9.56. The Balaban J connectivity index is 0.00000486. The quantitative estimate of drug-likeness (QED) is 0.213. The van der Waals surface area contributed by atoms with Crippen molar-refractivity contribution in [1.82, 2.24) is 19.9 Å². The Morgan fingerprint density at radius 2 is 1.66 bits per heavy atom. The number of hydrogen-bond acceptors (Lipinski definition) is 7. The molecule has 1 fully saturated rings. The van der Waals surface area contributed by atoms with E-state index >= 15 is 0 Å². The van der Waals surface area contributed by atoms with Gasteiger partial charge in [0.25, 0.3) is 15.9 Å². The third kappa shape index (κ3) is 8.82. The molecule has 0 radical (unpaired) electrons. The number of ether oxygens (including phenoxy) is 1. The number of benzene rings is 2. The summed E-state index contributed by atoms with van der Waals surface area (Å²) in [6.45, 7) is 10.9. The summed E-state index contributed by atoms with van der Waals surface area (Å²) in [6.07, 6.45) is 9.46. The second-order valence-corrected chi connectivity index (χ2v) is 16.4. The fourth-order valence-corrected chi connectivity index (χ4v) is 8.12. The highest BCUT2D eigenvalue weighted by molar-refractivity contribution is 7.92. The summed E-state index contributed by atoms with van der Waals surface area (Å²) in [5.41, 5.74) is 5.75. The molecule has 50 heavy (non-hydrogen) atoms. The molecule has 0 unspecified atom stereocenters. The van der Waals surface area contributed by atoms with Gasteiger partial charge in [-0.25, -0.2) is 18.1 Å². The largest absolute Gasteiger partial charge is 0.475 e. The topological polar surface area (TPSA) is 114 Å². The summed E-state index contributed by atoms with van der Waals surface area (Å²) >= 11 is 0. The van der Waals surface area contributed by atoms with Crippen LogP contribution in [0.25, 0.3) is 11.3 Å². The molecule has 0 spiro atoms. The van der Waals surface area contributed by atoms with E-state index in [4.69, 9.17) is 9.72 Å². The molecule has 266 valence electrons. The van der Waals surface area contributed by atoms with E-state index in [0.29, 0.717) is 31.0 Å². The molecule has 0 saturated heterocycles. The Morgan fingerprint density at radius 3 is 2.34 bits per heavy atom. The van der Waals surface area contributed by atoms with E-state index < -0.39 is 10.0 Å². The summed E-state index contributed by atoms with van der Waals surface area (Å²) in [7, 11) is -4.14. The zero-order chi connectivity index (χ0) is 34.8. The molecule has 1 aliphatic carbocycles. The van der Waals surface area contributed by atoms with Crippen molar-refractivity contribution in [2.45, 2.75) is 96.4 Å². The molecule has 1 N–H and O–H groups in total. The number of halogens is 1. The van der Waals surface area contributed by atoms with Gasteiger partial charge in [0, 0.05) is 42.0 Å². The average molecular weight is 718 g/mol. The second-order valence-electron chi connectivity index (χ2n) is 14.7. The van der Waals surface area contributed by atoms with Crippen molar-refractivity contribution in [3.63, 3.8) is 0 Å². The summed E-state index contributed by atoms with van der Waals surface area (Å²) in [5.74, 6) is 0.433. The molecule has 2 aromatic carbocycles. The van der Waals surface area contributed by atoms with E-state index in [1.54, 1.807) is 18.2 Å². The van der Waals surface area contributed by atoms with Gasteiger partial charge >= 0.3 is 0 Å². The standard InChI is InChI=1S/C39H47N5O4S.ClH/c1-26-11-9-12-27(2)36(26)34-22-35-42-38(41-34)43-49(46,47)33-16-10-15-29(21-33)37(45)44(32(25-48-35)23-39(3,4)5)20-19-31-18-17-30(24-40-31)28-13-7-6-8-14-28;/h9-12,15-18,21-22,24,28,32H,6-8,13-14,19-20,23,25H2,1-5H3,(H,41,42,43);1H/t32-;/m1./s1. The van der Waals surface area contributed by atoms with Crippen LogP contribution in [0.2, 0.25) is 0 Å². The van der Waals surface area contributed by atoms with Crippen LogP contribution >= 0.6 is 12.4 Å². The maximum absolute atomic E-state index is 14.4. The number of hydrogen-bond donors (Lipinski definition) is 1. The first-order chi connectivity index (χ1) is 23.4. The van der Waals surface area contributed by atoms with Crippen LogP contribution in [-0.4, -0.2) is 53.4 Å². The first-order valence-electron chi connectivity index (χ1n) is 17.3. The molecule has 11 heteroatoms. The van der Waals surface area contributed by atoms with Gasteiger partial charge in [0.05, 0.1) is 16.6 Å². The lowest BCUT2D eigenvalue weighted by Gasteiger charge is -2.35.